The maximum absolute atomic E-state index is 7.59. The molecule has 0 saturated heterocycles. The topological polar surface area (TPSA) is 47.6 Å². The maximum atomic E-state index is 7.59. The summed E-state index contributed by atoms with van der Waals surface area (Å²) in [5.41, 5.74) is 0. The second kappa shape index (κ2) is 8.89. The lowest BCUT2D eigenvalue weighted by molar-refractivity contribution is 1.33. The largest absolute Gasteiger partial charge is 0.197 e. The van der Waals surface area contributed by atoms with Crippen molar-refractivity contribution in [3.8, 4) is 12.1 Å². The number of hydrogen-bond acceptors (Lipinski definition) is 2. The van der Waals surface area contributed by atoms with Crippen molar-refractivity contribution in [1.82, 2.24) is 0 Å². The molecule has 0 aromatic heterocycles. The SMILES string of the molecule is N#CCC#N.[SiH4]. The molecule has 3 heteroatoms. The Labute approximate surface area is 41.0 Å². The number of rotatable bonds is 0. The van der Waals surface area contributed by atoms with Crippen molar-refractivity contribution in [2.24, 2.45) is 0 Å². The molecule has 0 heterocycles. The van der Waals surface area contributed by atoms with Crippen LogP contribution in [0.4, 0.5) is 0 Å². The molecule has 0 N–H and O–H groups in total. The normalized spacial score (nSPS) is 3.67. The van der Waals surface area contributed by atoms with Crippen molar-refractivity contribution in [3.63, 3.8) is 0 Å². The number of nitrogens with zero attached hydrogens (tertiary/aromatic N) is 2. The summed E-state index contributed by atoms with van der Waals surface area (Å²) < 4.78 is 0. The average Bonchev–Trinajstić information content (AvgIpc) is 1.41. The van der Waals surface area contributed by atoms with E-state index in [1.165, 1.54) is 0 Å². The highest BCUT2D eigenvalue weighted by Crippen LogP contribution is 1.59. The van der Waals surface area contributed by atoms with Gasteiger partial charge in [-0.25, -0.2) is 0 Å². The fraction of sp³-hybridized carbons (Fsp3) is 0.333. The van der Waals surface area contributed by atoms with Crippen LogP contribution in [0.15, 0.2) is 0 Å². The molecule has 0 spiro atoms. The van der Waals surface area contributed by atoms with Gasteiger partial charge in [-0.2, -0.15) is 10.5 Å². The van der Waals surface area contributed by atoms with Crippen LogP contribution in [-0.4, -0.2) is 11.0 Å². The van der Waals surface area contributed by atoms with Crippen LogP contribution in [-0.2, 0) is 0 Å². The summed E-state index contributed by atoms with van der Waals surface area (Å²) >= 11 is 0. The van der Waals surface area contributed by atoms with E-state index in [4.69, 9.17) is 10.5 Å². The lowest BCUT2D eigenvalue weighted by Crippen LogP contribution is -1.47. The zero-order valence-corrected chi connectivity index (χ0v) is 2.60. The highest BCUT2D eigenvalue weighted by molar-refractivity contribution is 5.75. The van der Waals surface area contributed by atoms with Gasteiger partial charge in [-0.15, -0.1) is 0 Å². The third kappa shape index (κ3) is 10.8. The van der Waals surface area contributed by atoms with Gasteiger partial charge in [-0.1, -0.05) is 0 Å². The third-order valence-corrected chi connectivity index (χ3v) is 0.158. The molecule has 0 aliphatic heterocycles. The molecule has 0 radical (unpaired) electrons. The highest BCUT2D eigenvalue weighted by Gasteiger charge is 1.61. The van der Waals surface area contributed by atoms with Crippen molar-refractivity contribution in [2.45, 2.75) is 6.42 Å². The summed E-state index contributed by atoms with van der Waals surface area (Å²) in [5, 5.41) is 15.2. The van der Waals surface area contributed by atoms with E-state index in [0.717, 1.165) is 0 Å². The van der Waals surface area contributed by atoms with E-state index in [0.29, 0.717) is 0 Å². The third-order valence-electron chi connectivity index (χ3n) is 0.158. The fourth-order valence-corrected chi connectivity index (χ4v) is 0.0354. The van der Waals surface area contributed by atoms with E-state index in [2.05, 4.69) is 0 Å². The van der Waals surface area contributed by atoms with Gasteiger partial charge in [0.05, 0.1) is 12.1 Å². The van der Waals surface area contributed by atoms with Crippen LogP contribution in [0.1, 0.15) is 6.42 Å². The van der Waals surface area contributed by atoms with Crippen LogP contribution in [0, 0.1) is 22.7 Å². The molecule has 0 saturated carbocycles. The average molecular weight is 98.2 g/mol. The van der Waals surface area contributed by atoms with E-state index in [-0.39, 0.29) is 17.4 Å². The van der Waals surface area contributed by atoms with Gasteiger partial charge in [0.1, 0.15) is 6.42 Å². The Morgan fingerprint density at radius 1 is 1.17 bits per heavy atom. The second-order valence-corrected chi connectivity index (χ2v) is 0.493. The quantitative estimate of drug-likeness (QED) is 0.364. The second-order valence-electron chi connectivity index (χ2n) is 0.493. The van der Waals surface area contributed by atoms with Gasteiger partial charge in [0.2, 0.25) is 0 Å². The zero-order valence-electron chi connectivity index (χ0n) is 2.60. The van der Waals surface area contributed by atoms with Crippen molar-refractivity contribution < 1.29 is 0 Å². The van der Waals surface area contributed by atoms with Crippen LogP contribution in [0.25, 0.3) is 0 Å². The van der Waals surface area contributed by atoms with E-state index < -0.39 is 0 Å². The van der Waals surface area contributed by atoms with Gasteiger partial charge in [-0.3, -0.25) is 0 Å². The first kappa shape index (κ1) is 8.96. The molecule has 0 rings (SSSR count). The molecule has 0 bridgehead atoms. The molecule has 0 atom stereocenters. The molecule has 0 aromatic rings. The first-order valence-electron chi connectivity index (χ1n) is 1.15. The van der Waals surface area contributed by atoms with Crippen molar-refractivity contribution in [2.75, 3.05) is 0 Å². The van der Waals surface area contributed by atoms with Crippen LogP contribution in [0.5, 0.6) is 0 Å². The predicted octanol–water partition coefficient (Wildman–Crippen LogP) is -1.03. The van der Waals surface area contributed by atoms with Crippen LogP contribution >= 0.6 is 0 Å². The zero-order chi connectivity index (χ0) is 4.12. The summed E-state index contributed by atoms with van der Waals surface area (Å²) in [6.45, 7) is 0. The first-order valence-corrected chi connectivity index (χ1v) is 1.15. The Morgan fingerprint density at radius 2 is 1.50 bits per heavy atom. The van der Waals surface area contributed by atoms with Gasteiger partial charge in [-0.05, 0) is 11.0 Å². The number of hydrogen-bond donors (Lipinski definition) is 0. The van der Waals surface area contributed by atoms with E-state index in [1.807, 2.05) is 0 Å². The number of nitriles is 2. The monoisotopic (exact) mass is 98.0 g/mol. The van der Waals surface area contributed by atoms with Crippen LogP contribution < -0.4 is 0 Å². The molecular formula is C3H6N2Si. The Bertz CT molecular complexity index is 73.9. The highest BCUT2D eigenvalue weighted by atomic mass is 28.1. The Balaban J connectivity index is 0. The predicted molar refractivity (Wildman–Crippen MR) is 27.2 cm³/mol. The molecule has 2 nitrogen and oxygen atoms in total. The Hall–Kier alpha value is -0.803. The summed E-state index contributed by atoms with van der Waals surface area (Å²) in [7, 11) is 0. The standard InChI is InChI=1S/C3H2N2.H4Si/c4-2-1-3-5;/h1H2;1H4. The molecule has 0 aliphatic carbocycles. The molecule has 0 aliphatic rings. The van der Waals surface area contributed by atoms with Gasteiger partial charge >= 0.3 is 0 Å². The molecule has 6 heavy (non-hydrogen) atoms. The first-order chi connectivity index (χ1) is 2.41. The summed E-state index contributed by atoms with van der Waals surface area (Å²) in [5.74, 6) is 0. The minimum Gasteiger partial charge on any atom is -0.197 e. The van der Waals surface area contributed by atoms with Crippen molar-refractivity contribution in [1.29, 1.82) is 10.5 Å². The maximum Gasteiger partial charge on any atom is 0.122 e. The smallest absolute Gasteiger partial charge is 0.122 e. The molecule has 0 unspecified atom stereocenters. The van der Waals surface area contributed by atoms with E-state index in [1.54, 1.807) is 12.1 Å². The minimum absolute atomic E-state index is 0. The Morgan fingerprint density at radius 3 is 1.50 bits per heavy atom. The van der Waals surface area contributed by atoms with Crippen LogP contribution in [0.3, 0.4) is 0 Å². The lowest BCUT2D eigenvalue weighted by Gasteiger charge is -1.45. The van der Waals surface area contributed by atoms with Crippen molar-refractivity contribution >= 4 is 11.0 Å². The van der Waals surface area contributed by atoms with E-state index >= 15 is 0 Å². The van der Waals surface area contributed by atoms with E-state index in [9.17, 15) is 0 Å². The van der Waals surface area contributed by atoms with Gasteiger partial charge in [0.15, 0.2) is 0 Å². The molecule has 0 fully saturated rings. The van der Waals surface area contributed by atoms with Crippen LogP contribution in [0.2, 0.25) is 0 Å². The Kier molecular flexibility index (Phi) is 13.3. The fourth-order valence-electron chi connectivity index (χ4n) is 0.0354. The van der Waals surface area contributed by atoms with Gasteiger partial charge in [0, 0.05) is 0 Å². The minimum atomic E-state index is 0. The summed E-state index contributed by atoms with van der Waals surface area (Å²) in [6, 6.07) is 3.31. The molecule has 0 aromatic carbocycles. The van der Waals surface area contributed by atoms with Crippen molar-refractivity contribution in [3.05, 3.63) is 0 Å². The lowest BCUT2D eigenvalue weighted by atomic mass is 10.5. The van der Waals surface area contributed by atoms with Gasteiger partial charge < -0.3 is 0 Å². The molecular weight excluding hydrogens is 92.1 g/mol. The summed E-state index contributed by atoms with van der Waals surface area (Å²) in [4.78, 5) is 0. The van der Waals surface area contributed by atoms with Gasteiger partial charge in [0.25, 0.3) is 0 Å². The molecule has 32 valence electrons. The molecule has 0 amide bonds. The summed E-state index contributed by atoms with van der Waals surface area (Å²) in [6.07, 6.45) is 0.